The van der Waals surface area contributed by atoms with Crippen molar-refractivity contribution in [1.29, 1.82) is 5.41 Å². The lowest BCUT2D eigenvalue weighted by molar-refractivity contribution is 0.309. The number of aryl methyl sites for hydroxylation is 2. The Bertz CT molecular complexity index is 388. The molecule has 0 spiro atoms. The minimum absolute atomic E-state index is 0.151. The summed E-state index contributed by atoms with van der Waals surface area (Å²) >= 11 is 0. The summed E-state index contributed by atoms with van der Waals surface area (Å²) in [6, 6.07) is 6.21. The van der Waals surface area contributed by atoms with Gasteiger partial charge in [0.05, 0.1) is 7.11 Å². The Labute approximate surface area is 95.9 Å². The van der Waals surface area contributed by atoms with Gasteiger partial charge in [-0.15, -0.1) is 0 Å². The summed E-state index contributed by atoms with van der Waals surface area (Å²) in [5.41, 5.74) is 2.84. The molecule has 0 atom stereocenters. The molecule has 0 radical (unpaired) electrons. The van der Waals surface area contributed by atoms with Gasteiger partial charge in [-0.1, -0.05) is 6.07 Å². The topological polar surface area (TPSA) is 42.3 Å². The molecule has 16 heavy (non-hydrogen) atoms. The molecule has 1 N–H and O–H groups in total. The third-order valence-corrected chi connectivity index (χ3v) is 2.94. The van der Waals surface area contributed by atoms with Crippen LogP contribution in [-0.2, 0) is 17.6 Å². The fourth-order valence-electron chi connectivity index (χ4n) is 2.01. The van der Waals surface area contributed by atoms with Crippen molar-refractivity contribution in [2.24, 2.45) is 0 Å². The smallest absolute Gasteiger partial charge is 0.219 e. The molecule has 3 heteroatoms. The zero-order valence-corrected chi connectivity index (χ0v) is 9.58. The van der Waals surface area contributed by atoms with Crippen molar-refractivity contribution in [3.05, 3.63) is 29.3 Å². The van der Waals surface area contributed by atoms with E-state index in [0.29, 0.717) is 0 Å². The Hall–Kier alpha value is -1.51. The van der Waals surface area contributed by atoms with Crippen molar-refractivity contribution in [2.45, 2.75) is 25.7 Å². The summed E-state index contributed by atoms with van der Waals surface area (Å²) in [4.78, 5) is 0. The molecule has 1 aromatic carbocycles. The highest BCUT2D eigenvalue weighted by molar-refractivity contribution is 5.74. The molecule has 0 saturated heterocycles. The van der Waals surface area contributed by atoms with Gasteiger partial charge in [0.1, 0.15) is 5.75 Å². The molecule has 2 rings (SSSR count). The molecule has 0 amide bonds. The predicted molar refractivity (Wildman–Crippen MR) is 63.3 cm³/mol. The fourth-order valence-corrected chi connectivity index (χ4v) is 2.01. The Morgan fingerprint density at radius 3 is 2.75 bits per heavy atom. The van der Waals surface area contributed by atoms with E-state index in [1.807, 2.05) is 6.07 Å². The molecular formula is C13H17NO2. The van der Waals surface area contributed by atoms with E-state index in [4.69, 9.17) is 14.9 Å². The van der Waals surface area contributed by atoms with Crippen LogP contribution in [0.4, 0.5) is 0 Å². The first kappa shape index (κ1) is 11.0. The van der Waals surface area contributed by atoms with Crippen LogP contribution in [-0.4, -0.2) is 19.6 Å². The van der Waals surface area contributed by atoms with E-state index in [1.54, 1.807) is 0 Å². The quantitative estimate of drug-likeness (QED) is 0.627. The van der Waals surface area contributed by atoms with E-state index in [-0.39, 0.29) is 12.5 Å². The molecule has 1 aromatic rings. The second kappa shape index (κ2) is 5.01. The predicted octanol–water partition coefficient (Wildman–Crippen LogP) is 2.57. The number of hydrogen-bond donors (Lipinski definition) is 1. The van der Waals surface area contributed by atoms with Crippen LogP contribution >= 0.6 is 0 Å². The maximum absolute atomic E-state index is 7.33. The fraction of sp³-hybridized carbons (Fsp3) is 0.462. The second-order valence-corrected chi connectivity index (χ2v) is 4.05. The summed E-state index contributed by atoms with van der Waals surface area (Å²) in [7, 11) is 1.48. The first-order valence-corrected chi connectivity index (χ1v) is 5.65. The van der Waals surface area contributed by atoms with Gasteiger partial charge in [-0.05, 0) is 48.9 Å². The highest BCUT2D eigenvalue weighted by Gasteiger charge is 2.10. The van der Waals surface area contributed by atoms with Crippen molar-refractivity contribution in [2.75, 3.05) is 13.7 Å². The summed E-state index contributed by atoms with van der Waals surface area (Å²) in [6.07, 6.45) is 4.89. The highest BCUT2D eigenvalue weighted by Crippen LogP contribution is 2.25. The number of ether oxygens (including phenoxy) is 2. The molecule has 0 heterocycles. The van der Waals surface area contributed by atoms with Gasteiger partial charge in [0, 0.05) is 0 Å². The second-order valence-electron chi connectivity index (χ2n) is 4.05. The van der Waals surface area contributed by atoms with Gasteiger partial charge >= 0.3 is 0 Å². The maximum atomic E-state index is 7.33. The zero-order chi connectivity index (χ0) is 11.4. The summed E-state index contributed by atoms with van der Waals surface area (Å²) in [6.45, 7) is 0.204. The lowest BCUT2D eigenvalue weighted by atomic mass is 9.92. The van der Waals surface area contributed by atoms with Crippen molar-refractivity contribution in [3.63, 3.8) is 0 Å². The van der Waals surface area contributed by atoms with Crippen LogP contribution in [0.5, 0.6) is 5.75 Å². The maximum Gasteiger partial charge on any atom is 0.219 e. The van der Waals surface area contributed by atoms with Crippen molar-refractivity contribution in [3.8, 4) is 5.75 Å². The van der Waals surface area contributed by atoms with Gasteiger partial charge in [0.25, 0.3) is 0 Å². The number of rotatable bonds is 3. The Balaban J connectivity index is 2.03. The molecule has 0 aliphatic heterocycles. The Kier molecular flexibility index (Phi) is 3.44. The Morgan fingerprint density at radius 2 is 2.00 bits per heavy atom. The average molecular weight is 219 g/mol. The average Bonchev–Trinajstić information content (AvgIpc) is 2.35. The molecule has 1 aliphatic carbocycles. The number of methoxy groups -OCH3 is 1. The lowest BCUT2D eigenvalue weighted by Gasteiger charge is -2.16. The normalized spacial score (nSPS) is 14.1. The molecule has 3 nitrogen and oxygen atoms in total. The van der Waals surface area contributed by atoms with Crippen LogP contribution in [0.2, 0.25) is 0 Å². The van der Waals surface area contributed by atoms with Crippen molar-refractivity contribution < 1.29 is 9.47 Å². The number of hydrogen-bond acceptors (Lipinski definition) is 3. The minimum Gasteiger partial charge on any atom is -0.484 e. The first-order valence-electron chi connectivity index (χ1n) is 5.65. The summed E-state index contributed by atoms with van der Waals surface area (Å²) in [5, 5.41) is 7.33. The monoisotopic (exact) mass is 219 g/mol. The summed E-state index contributed by atoms with van der Waals surface area (Å²) < 4.78 is 10.2. The van der Waals surface area contributed by atoms with Crippen LogP contribution in [0.15, 0.2) is 18.2 Å². The van der Waals surface area contributed by atoms with Gasteiger partial charge in [0.2, 0.25) is 5.90 Å². The van der Waals surface area contributed by atoms with Gasteiger partial charge in [-0.25, -0.2) is 0 Å². The van der Waals surface area contributed by atoms with Crippen LogP contribution in [0.1, 0.15) is 24.0 Å². The van der Waals surface area contributed by atoms with E-state index >= 15 is 0 Å². The largest absolute Gasteiger partial charge is 0.484 e. The van der Waals surface area contributed by atoms with E-state index in [1.165, 1.54) is 37.5 Å². The molecule has 0 fully saturated rings. The molecule has 86 valence electrons. The van der Waals surface area contributed by atoms with Gasteiger partial charge < -0.3 is 9.47 Å². The first-order chi connectivity index (χ1) is 7.79. The van der Waals surface area contributed by atoms with E-state index in [9.17, 15) is 0 Å². The minimum atomic E-state index is 0.151. The molecule has 1 aliphatic rings. The third kappa shape index (κ3) is 2.54. The van der Waals surface area contributed by atoms with Crippen molar-refractivity contribution in [1.82, 2.24) is 0 Å². The molecule has 0 bridgehead atoms. The highest BCUT2D eigenvalue weighted by atomic mass is 16.5. The number of nitrogens with one attached hydrogen (secondary N) is 1. The van der Waals surface area contributed by atoms with Gasteiger partial charge in [-0.2, -0.15) is 0 Å². The SMILES string of the molecule is COC(=N)COc1ccc2c(c1)CCCC2. The third-order valence-electron chi connectivity index (χ3n) is 2.94. The Morgan fingerprint density at radius 1 is 1.25 bits per heavy atom. The number of fused-ring (bicyclic) bond motifs is 1. The van der Waals surface area contributed by atoms with Crippen LogP contribution < -0.4 is 4.74 Å². The van der Waals surface area contributed by atoms with Crippen LogP contribution in [0.3, 0.4) is 0 Å². The summed E-state index contributed by atoms with van der Waals surface area (Å²) in [5.74, 6) is 0.986. The van der Waals surface area contributed by atoms with E-state index in [0.717, 1.165) is 12.2 Å². The molecule has 0 unspecified atom stereocenters. The van der Waals surface area contributed by atoms with E-state index in [2.05, 4.69) is 12.1 Å². The molecular weight excluding hydrogens is 202 g/mol. The molecule has 0 aromatic heterocycles. The number of benzene rings is 1. The van der Waals surface area contributed by atoms with Gasteiger partial charge in [0.15, 0.2) is 6.61 Å². The van der Waals surface area contributed by atoms with E-state index < -0.39 is 0 Å². The lowest BCUT2D eigenvalue weighted by Crippen LogP contribution is -2.12. The van der Waals surface area contributed by atoms with Crippen LogP contribution in [0.25, 0.3) is 0 Å². The molecule has 0 saturated carbocycles. The van der Waals surface area contributed by atoms with Gasteiger partial charge in [-0.3, -0.25) is 5.41 Å². The zero-order valence-electron chi connectivity index (χ0n) is 9.58. The van der Waals surface area contributed by atoms with Crippen molar-refractivity contribution >= 4 is 5.90 Å². The van der Waals surface area contributed by atoms with Crippen LogP contribution in [0, 0.1) is 5.41 Å². The standard InChI is InChI=1S/C13H17NO2/c1-15-13(14)9-16-12-7-6-10-4-2-3-5-11(10)8-12/h6-8,14H,2-5,9H2,1H3.